The zero-order chi connectivity index (χ0) is 18.7. The quantitative estimate of drug-likeness (QED) is 0.421. The molecule has 0 bridgehead atoms. The molecule has 1 aliphatic heterocycles. The van der Waals surface area contributed by atoms with E-state index < -0.39 is 17.8 Å². The molecular formula is C19H16ClNO4S. The summed E-state index contributed by atoms with van der Waals surface area (Å²) >= 11 is 7.45. The lowest BCUT2D eigenvalue weighted by molar-refractivity contribution is -0.119. The summed E-state index contributed by atoms with van der Waals surface area (Å²) in [4.78, 5) is 38.7. The Morgan fingerprint density at radius 2 is 1.88 bits per heavy atom. The minimum absolute atomic E-state index is 0.0968. The highest BCUT2D eigenvalue weighted by Crippen LogP contribution is 2.36. The second kappa shape index (κ2) is 7.85. The fourth-order valence-corrected chi connectivity index (χ4v) is 3.60. The highest BCUT2D eigenvalue weighted by Gasteiger charge is 2.39. The lowest BCUT2D eigenvalue weighted by Crippen LogP contribution is -2.31. The van der Waals surface area contributed by atoms with Gasteiger partial charge in [-0.1, -0.05) is 31.0 Å². The van der Waals surface area contributed by atoms with Crippen LogP contribution in [0.25, 0.3) is 5.57 Å². The molecule has 2 amide bonds. The van der Waals surface area contributed by atoms with Crippen molar-refractivity contribution in [2.75, 3.05) is 11.5 Å². The largest absolute Gasteiger partial charge is 0.462 e. The van der Waals surface area contributed by atoms with Crippen LogP contribution in [0, 0.1) is 0 Å². The molecule has 134 valence electrons. The third-order valence-corrected chi connectivity index (χ3v) is 5.13. The Morgan fingerprint density at radius 1 is 1.15 bits per heavy atom. The first kappa shape index (κ1) is 18.4. The number of unbranched alkanes of at least 4 members (excludes halogenated alkanes) is 1. The van der Waals surface area contributed by atoms with Crippen LogP contribution >= 0.6 is 22.9 Å². The summed E-state index contributed by atoms with van der Waals surface area (Å²) < 4.78 is 5.14. The van der Waals surface area contributed by atoms with Gasteiger partial charge in [-0.2, -0.15) is 0 Å². The smallest absolute Gasteiger partial charge is 0.338 e. The molecule has 2 aromatic rings. The van der Waals surface area contributed by atoms with E-state index in [4.69, 9.17) is 16.3 Å². The average molecular weight is 390 g/mol. The van der Waals surface area contributed by atoms with E-state index >= 15 is 0 Å². The fraction of sp³-hybridized carbons (Fsp3) is 0.211. The first-order valence-corrected chi connectivity index (χ1v) is 9.40. The zero-order valence-corrected chi connectivity index (χ0v) is 15.6. The summed E-state index contributed by atoms with van der Waals surface area (Å²) in [6, 6.07) is 9.66. The maximum absolute atomic E-state index is 12.7. The molecule has 0 saturated heterocycles. The second-order valence-electron chi connectivity index (χ2n) is 5.65. The molecular weight excluding hydrogens is 374 g/mol. The number of carbonyl (C=O) groups excluding carboxylic acids is 3. The Kier molecular flexibility index (Phi) is 5.54. The first-order valence-electron chi connectivity index (χ1n) is 8.14. The molecule has 1 aromatic carbocycles. The molecule has 0 N–H and O–H groups in total. The number of hydrogen-bond acceptors (Lipinski definition) is 5. The number of esters is 1. The van der Waals surface area contributed by atoms with E-state index in [2.05, 4.69) is 0 Å². The Hall–Kier alpha value is -2.44. The van der Waals surface area contributed by atoms with Crippen LogP contribution in [-0.4, -0.2) is 24.4 Å². The predicted molar refractivity (Wildman–Crippen MR) is 101 cm³/mol. The van der Waals surface area contributed by atoms with Gasteiger partial charge >= 0.3 is 5.97 Å². The van der Waals surface area contributed by atoms with Crippen molar-refractivity contribution < 1.29 is 19.1 Å². The van der Waals surface area contributed by atoms with Gasteiger partial charge < -0.3 is 4.74 Å². The van der Waals surface area contributed by atoms with Crippen molar-refractivity contribution in [2.45, 2.75) is 19.8 Å². The van der Waals surface area contributed by atoms with Gasteiger partial charge in [0.05, 0.1) is 23.4 Å². The van der Waals surface area contributed by atoms with Gasteiger partial charge in [-0.15, -0.1) is 11.3 Å². The average Bonchev–Trinajstić information content (AvgIpc) is 3.23. The number of rotatable bonds is 6. The van der Waals surface area contributed by atoms with E-state index in [1.165, 1.54) is 35.6 Å². The molecule has 26 heavy (non-hydrogen) atoms. The first-order chi connectivity index (χ1) is 12.5. The molecule has 2 heterocycles. The number of hydrogen-bond donors (Lipinski definition) is 0. The van der Waals surface area contributed by atoms with Crippen LogP contribution in [0.1, 0.15) is 35.0 Å². The maximum Gasteiger partial charge on any atom is 0.338 e. The number of nitrogens with zero attached hydrogens (tertiary/aromatic N) is 1. The highest BCUT2D eigenvalue weighted by atomic mass is 35.5. The predicted octanol–water partition coefficient (Wildman–Crippen LogP) is 4.23. The van der Waals surface area contributed by atoms with Gasteiger partial charge in [0.25, 0.3) is 11.8 Å². The monoisotopic (exact) mass is 389 g/mol. The molecule has 0 spiro atoms. The van der Waals surface area contributed by atoms with Crippen LogP contribution in [0.5, 0.6) is 0 Å². The van der Waals surface area contributed by atoms with Gasteiger partial charge in [0, 0.05) is 4.88 Å². The van der Waals surface area contributed by atoms with Gasteiger partial charge in [-0.3, -0.25) is 9.59 Å². The molecule has 1 aliphatic rings. The van der Waals surface area contributed by atoms with E-state index in [0.29, 0.717) is 22.7 Å². The summed E-state index contributed by atoms with van der Waals surface area (Å²) in [5.41, 5.74) is 0.922. The van der Waals surface area contributed by atoms with E-state index in [1.807, 2.05) is 12.3 Å². The number of halogens is 1. The molecule has 0 fully saturated rings. The normalized spacial score (nSPS) is 14.3. The molecule has 5 nitrogen and oxygen atoms in total. The van der Waals surface area contributed by atoms with E-state index in [0.717, 1.165) is 17.7 Å². The van der Waals surface area contributed by atoms with Crippen molar-refractivity contribution >= 4 is 52.0 Å². The van der Waals surface area contributed by atoms with Crippen LogP contribution in [0.4, 0.5) is 5.69 Å². The molecule has 0 radical (unpaired) electrons. The number of benzene rings is 1. The molecule has 0 atom stereocenters. The lowest BCUT2D eigenvalue weighted by atomic mass is 10.2. The molecule has 0 saturated carbocycles. The van der Waals surface area contributed by atoms with E-state index in [-0.39, 0.29) is 10.6 Å². The third-order valence-electron chi connectivity index (χ3n) is 3.89. The Bertz CT molecular complexity index is 871. The van der Waals surface area contributed by atoms with Gasteiger partial charge in [-0.05, 0) is 42.1 Å². The topological polar surface area (TPSA) is 63.7 Å². The second-order valence-corrected chi connectivity index (χ2v) is 6.97. The molecule has 0 aliphatic carbocycles. The van der Waals surface area contributed by atoms with Crippen molar-refractivity contribution in [3.63, 3.8) is 0 Å². The molecule has 7 heteroatoms. The number of amides is 2. The van der Waals surface area contributed by atoms with Gasteiger partial charge in [0.2, 0.25) is 0 Å². The fourth-order valence-electron chi connectivity index (χ4n) is 2.51. The van der Waals surface area contributed by atoms with E-state index in [1.54, 1.807) is 12.1 Å². The van der Waals surface area contributed by atoms with Gasteiger partial charge in [0.1, 0.15) is 5.03 Å². The third kappa shape index (κ3) is 3.43. The zero-order valence-electron chi connectivity index (χ0n) is 14.0. The summed E-state index contributed by atoms with van der Waals surface area (Å²) in [5.74, 6) is -1.47. The number of anilines is 1. The minimum atomic E-state index is -0.571. The summed E-state index contributed by atoms with van der Waals surface area (Å²) in [5, 5.41) is 1.71. The lowest BCUT2D eigenvalue weighted by Gasteiger charge is -2.15. The van der Waals surface area contributed by atoms with Crippen molar-refractivity contribution in [3.8, 4) is 0 Å². The van der Waals surface area contributed by atoms with Crippen molar-refractivity contribution in [1.29, 1.82) is 0 Å². The summed E-state index contributed by atoms with van der Waals surface area (Å²) in [6.45, 7) is 2.38. The minimum Gasteiger partial charge on any atom is -0.462 e. The van der Waals surface area contributed by atoms with Crippen molar-refractivity contribution in [2.24, 2.45) is 0 Å². The van der Waals surface area contributed by atoms with Crippen LogP contribution < -0.4 is 4.90 Å². The molecule has 3 rings (SSSR count). The number of ether oxygens (including phenoxy) is 1. The van der Waals surface area contributed by atoms with Crippen molar-refractivity contribution in [1.82, 2.24) is 0 Å². The Morgan fingerprint density at radius 3 is 2.50 bits per heavy atom. The highest BCUT2D eigenvalue weighted by molar-refractivity contribution is 7.11. The van der Waals surface area contributed by atoms with Crippen LogP contribution in [-0.2, 0) is 14.3 Å². The summed E-state index contributed by atoms with van der Waals surface area (Å²) in [6.07, 6.45) is 1.74. The standard InChI is InChI=1S/C19H16ClNO4S/c1-2-3-10-25-19(24)12-6-8-13(9-7-12)21-17(22)15(16(20)18(21)23)14-5-4-11-26-14/h4-9,11H,2-3,10H2,1H3. The summed E-state index contributed by atoms with van der Waals surface area (Å²) in [7, 11) is 0. The molecule has 0 unspecified atom stereocenters. The van der Waals surface area contributed by atoms with Crippen LogP contribution in [0.15, 0.2) is 46.8 Å². The number of carbonyl (C=O) groups is 3. The van der Waals surface area contributed by atoms with Crippen molar-refractivity contribution in [3.05, 3.63) is 57.3 Å². The van der Waals surface area contributed by atoms with Crippen LogP contribution in [0.3, 0.4) is 0 Å². The maximum atomic E-state index is 12.7. The van der Waals surface area contributed by atoms with E-state index in [9.17, 15) is 14.4 Å². The SMILES string of the molecule is CCCCOC(=O)c1ccc(N2C(=O)C(Cl)=C(c3cccs3)C2=O)cc1. The number of imide groups is 1. The number of thiophene rings is 1. The van der Waals surface area contributed by atoms with Gasteiger partial charge in [-0.25, -0.2) is 9.69 Å². The Labute approximate surface area is 159 Å². The Balaban J connectivity index is 1.79. The van der Waals surface area contributed by atoms with Crippen LogP contribution in [0.2, 0.25) is 0 Å². The van der Waals surface area contributed by atoms with Gasteiger partial charge in [0.15, 0.2) is 0 Å². The molecule has 1 aromatic heterocycles.